The van der Waals surface area contributed by atoms with Crippen LogP contribution in [-0.2, 0) is 0 Å². The maximum absolute atomic E-state index is 12.7. The van der Waals surface area contributed by atoms with E-state index in [-0.39, 0.29) is 11.9 Å². The van der Waals surface area contributed by atoms with Crippen molar-refractivity contribution in [2.24, 2.45) is 0 Å². The normalized spacial score (nSPS) is 11.9. The second kappa shape index (κ2) is 5.93. The lowest BCUT2D eigenvalue weighted by atomic mass is 10.1. The van der Waals surface area contributed by atoms with Gasteiger partial charge < -0.3 is 5.32 Å². The standard InChI is InChI=1S/C14H12BrFN2O/c1-9(11-4-2-3-5-12(11)15)18-14(19)10-6-7-13(16)17-8-10/h2-9H,1H3,(H,18,19). The molecule has 0 spiro atoms. The van der Waals surface area contributed by atoms with Crippen molar-refractivity contribution in [1.82, 2.24) is 10.3 Å². The van der Waals surface area contributed by atoms with Crippen LogP contribution < -0.4 is 5.32 Å². The van der Waals surface area contributed by atoms with Crippen LogP contribution in [0.4, 0.5) is 4.39 Å². The highest BCUT2D eigenvalue weighted by Gasteiger charge is 2.13. The summed E-state index contributed by atoms with van der Waals surface area (Å²) in [6, 6.07) is 10.1. The molecule has 2 aromatic rings. The molecule has 0 saturated heterocycles. The van der Waals surface area contributed by atoms with Gasteiger partial charge in [-0.2, -0.15) is 4.39 Å². The van der Waals surface area contributed by atoms with E-state index in [1.165, 1.54) is 12.3 Å². The Labute approximate surface area is 119 Å². The number of pyridine rings is 1. The minimum Gasteiger partial charge on any atom is -0.345 e. The molecule has 1 aromatic carbocycles. The van der Waals surface area contributed by atoms with Crippen molar-refractivity contribution in [1.29, 1.82) is 0 Å². The number of carbonyl (C=O) groups excluding carboxylic acids is 1. The molecular weight excluding hydrogens is 311 g/mol. The Kier molecular flexibility index (Phi) is 4.27. The quantitative estimate of drug-likeness (QED) is 0.879. The highest BCUT2D eigenvalue weighted by molar-refractivity contribution is 9.10. The minimum absolute atomic E-state index is 0.159. The van der Waals surface area contributed by atoms with Crippen molar-refractivity contribution in [3.63, 3.8) is 0 Å². The molecule has 2 rings (SSSR count). The van der Waals surface area contributed by atoms with Gasteiger partial charge in [0.05, 0.1) is 11.6 Å². The van der Waals surface area contributed by atoms with Gasteiger partial charge in [-0.15, -0.1) is 0 Å². The summed E-state index contributed by atoms with van der Waals surface area (Å²) in [4.78, 5) is 15.4. The van der Waals surface area contributed by atoms with Crippen LogP contribution in [0.3, 0.4) is 0 Å². The van der Waals surface area contributed by atoms with Gasteiger partial charge in [-0.3, -0.25) is 4.79 Å². The van der Waals surface area contributed by atoms with Crippen molar-refractivity contribution in [2.45, 2.75) is 13.0 Å². The molecule has 19 heavy (non-hydrogen) atoms. The molecule has 5 heteroatoms. The molecular formula is C14H12BrFN2O. The first-order chi connectivity index (χ1) is 9.08. The average molecular weight is 323 g/mol. The molecule has 1 heterocycles. The van der Waals surface area contributed by atoms with Gasteiger partial charge in [0.1, 0.15) is 0 Å². The maximum atomic E-state index is 12.7. The van der Waals surface area contributed by atoms with E-state index in [0.717, 1.165) is 16.1 Å². The summed E-state index contributed by atoms with van der Waals surface area (Å²) in [6.45, 7) is 1.88. The summed E-state index contributed by atoms with van der Waals surface area (Å²) < 4.78 is 13.6. The monoisotopic (exact) mass is 322 g/mol. The number of nitrogens with one attached hydrogen (secondary N) is 1. The van der Waals surface area contributed by atoms with E-state index in [1.807, 2.05) is 31.2 Å². The van der Waals surface area contributed by atoms with Crippen molar-refractivity contribution in [3.05, 3.63) is 64.1 Å². The van der Waals surface area contributed by atoms with Gasteiger partial charge in [0, 0.05) is 10.7 Å². The van der Waals surface area contributed by atoms with Crippen LogP contribution in [0.15, 0.2) is 47.1 Å². The molecule has 0 aliphatic carbocycles. The second-order valence-electron chi connectivity index (χ2n) is 4.09. The largest absolute Gasteiger partial charge is 0.345 e. The third-order valence-corrected chi connectivity index (χ3v) is 3.43. The first-order valence-electron chi connectivity index (χ1n) is 5.75. The van der Waals surface area contributed by atoms with Crippen molar-refractivity contribution >= 4 is 21.8 Å². The highest BCUT2D eigenvalue weighted by Crippen LogP contribution is 2.22. The van der Waals surface area contributed by atoms with Crippen molar-refractivity contribution in [2.75, 3.05) is 0 Å². The number of aromatic nitrogens is 1. The van der Waals surface area contributed by atoms with Crippen LogP contribution >= 0.6 is 15.9 Å². The lowest BCUT2D eigenvalue weighted by molar-refractivity contribution is 0.0939. The zero-order chi connectivity index (χ0) is 13.8. The predicted octanol–water partition coefficient (Wildman–Crippen LogP) is 3.47. The third kappa shape index (κ3) is 3.38. The summed E-state index contributed by atoms with van der Waals surface area (Å²) >= 11 is 3.44. The molecule has 0 saturated carbocycles. The van der Waals surface area contributed by atoms with Gasteiger partial charge in [0.2, 0.25) is 5.95 Å². The second-order valence-corrected chi connectivity index (χ2v) is 4.94. The van der Waals surface area contributed by atoms with Gasteiger partial charge in [-0.05, 0) is 30.7 Å². The van der Waals surface area contributed by atoms with E-state index in [1.54, 1.807) is 0 Å². The van der Waals surface area contributed by atoms with Crippen molar-refractivity contribution < 1.29 is 9.18 Å². The summed E-state index contributed by atoms with van der Waals surface area (Å²) in [6.07, 6.45) is 1.22. The zero-order valence-corrected chi connectivity index (χ0v) is 11.8. The lowest BCUT2D eigenvalue weighted by Crippen LogP contribution is -2.27. The summed E-state index contributed by atoms with van der Waals surface area (Å²) in [7, 11) is 0. The van der Waals surface area contributed by atoms with Gasteiger partial charge in [0.25, 0.3) is 5.91 Å². The van der Waals surface area contributed by atoms with Gasteiger partial charge >= 0.3 is 0 Å². The highest BCUT2D eigenvalue weighted by atomic mass is 79.9. The van der Waals surface area contributed by atoms with Crippen LogP contribution in [0.2, 0.25) is 0 Å². The molecule has 98 valence electrons. The molecule has 1 atom stereocenters. The molecule has 1 N–H and O–H groups in total. The van der Waals surface area contributed by atoms with E-state index in [4.69, 9.17) is 0 Å². The molecule has 0 aliphatic heterocycles. The molecule has 0 aliphatic rings. The number of nitrogens with zero attached hydrogens (tertiary/aromatic N) is 1. The smallest absolute Gasteiger partial charge is 0.253 e. The summed E-state index contributed by atoms with van der Waals surface area (Å²) in [5.74, 6) is -0.883. The Balaban J connectivity index is 2.11. The van der Waals surface area contributed by atoms with E-state index in [2.05, 4.69) is 26.2 Å². The predicted molar refractivity (Wildman–Crippen MR) is 74.2 cm³/mol. The number of benzene rings is 1. The van der Waals surface area contributed by atoms with Gasteiger partial charge in [-0.25, -0.2) is 4.98 Å². The average Bonchev–Trinajstić information content (AvgIpc) is 2.39. The first kappa shape index (κ1) is 13.7. The van der Waals surface area contributed by atoms with Crippen LogP contribution in [0.25, 0.3) is 0 Å². The molecule has 0 fully saturated rings. The van der Waals surface area contributed by atoms with Gasteiger partial charge in [-0.1, -0.05) is 34.1 Å². The van der Waals surface area contributed by atoms with Crippen LogP contribution in [0.5, 0.6) is 0 Å². The van der Waals surface area contributed by atoms with E-state index in [9.17, 15) is 9.18 Å². The number of hydrogen-bond acceptors (Lipinski definition) is 2. The number of halogens is 2. The Hall–Kier alpha value is -1.75. The summed E-state index contributed by atoms with van der Waals surface area (Å²) in [5.41, 5.74) is 1.31. The van der Waals surface area contributed by atoms with E-state index in [0.29, 0.717) is 5.56 Å². The number of carbonyl (C=O) groups is 1. The van der Waals surface area contributed by atoms with Crippen LogP contribution in [-0.4, -0.2) is 10.9 Å². The fraction of sp³-hybridized carbons (Fsp3) is 0.143. The first-order valence-corrected chi connectivity index (χ1v) is 6.54. The molecule has 1 amide bonds. The molecule has 1 aromatic heterocycles. The summed E-state index contributed by atoms with van der Waals surface area (Å²) in [5, 5.41) is 2.84. The zero-order valence-electron chi connectivity index (χ0n) is 10.2. The number of amides is 1. The maximum Gasteiger partial charge on any atom is 0.253 e. The Bertz CT molecular complexity index is 586. The Morgan fingerprint density at radius 2 is 2.05 bits per heavy atom. The SMILES string of the molecule is CC(NC(=O)c1ccc(F)nc1)c1ccccc1Br. The number of rotatable bonds is 3. The van der Waals surface area contributed by atoms with Crippen molar-refractivity contribution in [3.8, 4) is 0 Å². The molecule has 3 nitrogen and oxygen atoms in total. The molecule has 1 unspecified atom stereocenters. The molecule has 0 radical (unpaired) electrons. The van der Waals surface area contributed by atoms with Crippen LogP contribution in [0.1, 0.15) is 28.9 Å². The molecule has 0 bridgehead atoms. The Morgan fingerprint density at radius 1 is 1.32 bits per heavy atom. The third-order valence-electron chi connectivity index (χ3n) is 2.71. The lowest BCUT2D eigenvalue weighted by Gasteiger charge is -2.15. The topological polar surface area (TPSA) is 42.0 Å². The van der Waals surface area contributed by atoms with Crippen LogP contribution in [0, 0.1) is 5.95 Å². The Morgan fingerprint density at radius 3 is 2.68 bits per heavy atom. The van der Waals surface area contributed by atoms with E-state index < -0.39 is 5.95 Å². The van der Waals surface area contributed by atoms with E-state index >= 15 is 0 Å². The fourth-order valence-electron chi connectivity index (χ4n) is 1.69. The minimum atomic E-state index is -0.601. The fourth-order valence-corrected chi connectivity index (χ4v) is 2.32. The van der Waals surface area contributed by atoms with Gasteiger partial charge in [0.15, 0.2) is 0 Å². The number of hydrogen-bond donors (Lipinski definition) is 1.